The lowest BCUT2D eigenvalue weighted by Gasteiger charge is -2.23. The summed E-state index contributed by atoms with van der Waals surface area (Å²) in [6, 6.07) is 4.68. The van der Waals surface area contributed by atoms with Crippen molar-refractivity contribution in [1.29, 1.82) is 0 Å². The van der Waals surface area contributed by atoms with E-state index in [2.05, 4.69) is 4.98 Å². The van der Waals surface area contributed by atoms with Crippen LogP contribution in [0.1, 0.15) is 37.5 Å². The number of halogens is 1. The van der Waals surface area contributed by atoms with Gasteiger partial charge in [0.15, 0.2) is 11.5 Å². The van der Waals surface area contributed by atoms with Crippen molar-refractivity contribution in [2.45, 2.75) is 37.6 Å². The third kappa shape index (κ3) is 2.05. The lowest BCUT2D eigenvalue weighted by atomic mass is 9.86. The van der Waals surface area contributed by atoms with Crippen LogP contribution >= 0.6 is 0 Å². The predicted molar refractivity (Wildman–Crippen MR) is 63.2 cm³/mol. The van der Waals surface area contributed by atoms with Crippen molar-refractivity contribution in [1.82, 2.24) is 4.98 Å². The van der Waals surface area contributed by atoms with Crippen LogP contribution in [0.25, 0.3) is 11.1 Å². The summed E-state index contributed by atoms with van der Waals surface area (Å²) in [6.07, 6.45) is 4.16. The Bertz CT molecular complexity index is 537. The summed E-state index contributed by atoms with van der Waals surface area (Å²) in [5, 5.41) is 0. The monoisotopic (exact) mass is 234 g/mol. The highest BCUT2D eigenvalue weighted by atomic mass is 19.1. The van der Waals surface area contributed by atoms with E-state index < -0.39 is 0 Å². The summed E-state index contributed by atoms with van der Waals surface area (Å²) in [4.78, 5) is 4.42. The van der Waals surface area contributed by atoms with Gasteiger partial charge in [-0.3, -0.25) is 0 Å². The Hall–Kier alpha value is -1.42. The molecule has 1 heterocycles. The van der Waals surface area contributed by atoms with Crippen LogP contribution in [-0.2, 0) is 0 Å². The number of nitrogens with two attached hydrogens (primary N) is 1. The van der Waals surface area contributed by atoms with E-state index in [0.29, 0.717) is 11.5 Å². The van der Waals surface area contributed by atoms with E-state index >= 15 is 0 Å². The fourth-order valence-corrected chi connectivity index (χ4v) is 2.54. The van der Waals surface area contributed by atoms with E-state index in [1.54, 1.807) is 6.07 Å². The molecule has 0 radical (unpaired) electrons. The maximum absolute atomic E-state index is 13.0. The third-order valence-electron chi connectivity index (χ3n) is 3.43. The van der Waals surface area contributed by atoms with Crippen molar-refractivity contribution in [3.63, 3.8) is 0 Å². The fraction of sp³-hybridized carbons (Fsp3) is 0.462. The first-order valence-electron chi connectivity index (χ1n) is 6.04. The normalized spacial score (nSPS) is 25.3. The first-order valence-corrected chi connectivity index (χ1v) is 6.04. The first-order chi connectivity index (χ1) is 8.22. The molecule has 1 aromatic heterocycles. The number of hydrogen-bond acceptors (Lipinski definition) is 3. The average Bonchev–Trinajstić information content (AvgIpc) is 2.72. The minimum Gasteiger partial charge on any atom is -0.440 e. The number of hydrogen-bond donors (Lipinski definition) is 1. The molecule has 2 atom stereocenters. The van der Waals surface area contributed by atoms with E-state index in [0.717, 1.165) is 31.2 Å². The highest BCUT2D eigenvalue weighted by Crippen LogP contribution is 2.33. The van der Waals surface area contributed by atoms with Crippen molar-refractivity contribution in [2.24, 2.45) is 5.73 Å². The molecule has 17 heavy (non-hydrogen) atoms. The molecule has 3 nitrogen and oxygen atoms in total. The van der Waals surface area contributed by atoms with Gasteiger partial charge in [-0.1, -0.05) is 6.42 Å². The molecule has 0 bridgehead atoms. The van der Waals surface area contributed by atoms with E-state index in [1.807, 2.05) is 0 Å². The average molecular weight is 234 g/mol. The number of oxazole rings is 1. The molecule has 1 aromatic carbocycles. The van der Waals surface area contributed by atoms with Gasteiger partial charge in [-0.15, -0.1) is 0 Å². The third-order valence-corrected chi connectivity index (χ3v) is 3.43. The number of aromatic nitrogens is 1. The van der Waals surface area contributed by atoms with Crippen molar-refractivity contribution >= 4 is 11.1 Å². The minimum atomic E-state index is -0.291. The van der Waals surface area contributed by atoms with E-state index in [9.17, 15) is 4.39 Å². The zero-order valence-electron chi connectivity index (χ0n) is 9.53. The molecule has 1 aliphatic rings. The smallest absolute Gasteiger partial charge is 0.198 e. The quantitative estimate of drug-likeness (QED) is 0.825. The summed E-state index contributed by atoms with van der Waals surface area (Å²) in [5.74, 6) is 0.704. The van der Waals surface area contributed by atoms with Crippen molar-refractivity contribution in [3.05, 3.63) is 29.9 Å². The topological polar surface area (TPSA) is 52.0 Å². The maximum atomic E-state index is 13.0. The summed E-state index contributed by atoms with van der Waals surface area (Å²) in [7, 11) is 0. The van der Waals surface area contributed by atoms with Gasteiger partial charge in [-0.2, -0.15) is 0 Å². The maximum Gasteiger partial charge on any atom is 0.198 e. The Morgan fingerprint density at radius 2 is 2.24 bits per heavy atom. The molecular weight excluding hydrogens is 219 g/mol. The van der Waals surface area contributed by atoms with Gasteiger partial charge in [0, 0.05) is 18.0 Å². The molecule has 4 heteroatoms. The van der Waals surface area contributed by atoms with Gasteiger partial charge in [0.25, 0.3) is 0 Å². The summed E-state index contributed by atoms with van der Waals surface area (Å²) < 4.78 is 18.7. The Morgan fingerprint density at radius 1 is 1.35 bits per heavy atom. The molecule has 90 valence electrons. The zero-order chi connectivity index (χ0) is 11.8. The van der Waals surface area contributed by atoms with Crippen LogP contribution in [0.3, 0.4) is 0 Å². The number of benzene rings is 1. The van der Waals surface area contributed by atoms with Gasteiger partial charge in [-0.05, 0) is 31.4 Å². The summed E-state index contributed by atoms with van der Waals surface area (Å²) >= 11 is 0. The van der Waals surface area contributed by atoms with Crippen LogP contribution in [0.4, 0.5) is 4.39 Å². The van der Waals surface area contributed by atoms with Crippen LogP contribution in [0.15, 0.2) is 22.6 Å². The van der Waals surface area contributed by atoms with Gasteiger partial charge in [0.2, 0.25) is 0 Å². The van der Waals surface area contributed by atoms with E-state index in [1.165, 1.54) is 12.1 Å². The van der Waals surface area contributed by atoms with Gasteiger partial charge in [0.1, 0.15) is 11.3 Å². The van der Waals surface area contributed by atoms with Crippen LogP contribution in [0.2, 0.25) is 0 Å². The fourth-order valence-electron chi connectivity index (χ4n) is 2.54. The van der Waals surface area contributed by atoms with Crippen molar-refractivity contribution in [3.8, 4) is 0 Å². The van der Waals surface area contributed by atoms with Crippen LogP contribution in [0, 0.1) is 5.82 Å². The molecule has 0 aliphatic heterocycles. The lowest BCUT2D eigenvalue weighted by Crippen LogP contribution is -2.26. The number of nitrogens with zero attached hydrogens (tertiary/aromatic N) is 1. The molecule has 2 N–H and O–H groups in total. The van der Waals surface area contributed by atoms with Gasteiger partial charge in [-0.25, -0.2) is 9.37 Å². The second kappa shape index (κ2) is 4.11. The molecule has 1 aliphatic carbocycles. The molecule has 0 amide bonds. The lowest BCUT2D eigenvalue weighted by molar-refractivity contribution is 0.342. The Labute approximate surface area is 98.8 Å². The van der Waals surface area contributed by atoms with Crippen LogP contribution in [0.5, 0.6) is 0 Å². The second-order valence-electron chi connectivity index (χ2n) is 4.79. The van der Waals surface area contributed by atoms with Crippen LogP contribution < -0.4 is 5.73 Å². The molecule has 0 spiro atoms. The Morgan fingerprint density at radius 3 is 3.06 bits per heavy atom. The van der Waals surface area contributed by atoms with Gasteiger partial charge in [0.05, 0.1) is 0 Å². The molecule has 0 saturated heterocycles. The number of fused-ring (bicyclic) bond motifs is 1. The largest absolute Gasteiger partial charge is 0.440 e. The minimum absolute atomic E-state index is 0.237. The standard InChI is InChI=1S/C13H15FN2O/c14-9-4-5-11-12(7-9)17-13(16-11)8-2-1-3-10(15)6-8/h4-5,7-8,10H,1-3,6,15H2. The van der Waals surface area contributed by atoms with Crippen molar-refractivity contribution in [2.75, 3.05) is 0 Å². The molecule has 3 rings (SSSR count). The summed E-state index contributed by atoms with van der Waals surface area (Å²) in [6.45, 7) is 0. The molecule has 2 unspecified atom stereocenters. The SMILES string of the molecule is NC1CCCC(c2nc3ccc(F)cc3o2)C1. The van der Waals surface area contributed by atoms with Gasteiger partial charge >= 0.3 is 0 Å². The zero-order valence-corrected chi connectivity index (χ0v) is 9.53. The van der Waals surface area contributed by atoms with Crippen LogP contribution in [-0.4, -0.2) is 11.0 Å². The molecular formula is C13H15FN2O. The van der Waals surface area contributed by atoms with Gasteiger partial charge < -0.3 is 10.2 Å². The molecule has 2 aromatic rings. The highest BCUT2D eigenvalue weighted by molar-refractivity contribution is 5.72. The van der Waals surface area contributed by atoms with E-state index in [4.69, 9.17) is 10.2 Å². The molecule has 1 fully saturated rings. The molecule has 1 saturated carbocycles. The van der Waals surface area contributed by atoms with Crippen molar-refractivity contribution < 1.29 is 8.81 Å². The predicted octanol–water partition coefficient (Wildman–Crippen LogP) is 2.95. The Balaban J connectivity index is 1.94. The Kier molecular flexibility index (Phi) is 2.59. The summed E-state index contributed by atoms with van der Waals surface area (Å²) in [5.41, 5.74) is 7.20. The van der Waals surface area contributed by atoms with E-state index in [-0.39, 0.29) is 17.8 Å². The number of rotatable bonds is 1. The second-order valence-corrected chi connectivity index (χ2v) is 4.79. The highest BCUT2D eigenvalue weighted by Gasteiger charge is 2.24. The first kappa shape index (κ1) is 10.7.